The Labute approximate surface area is 157 Å². The van der Waals surface area contributed by atoms with E-state index in [4.69, 9.17) is 0 Å². The SMILES string of the molecule is CC(C)CCC(=O)N1CCC(Cc2ccc(NC3=NCCN3)cc2)CC1. The second kappa shape index (κ2) is 9.06. The molecule has 0 unspecified atom stereocenters. The number of rotatable bonds is 6. The molecule has 1 fully saturated rings. The number of benzene rings is 1. The Morgan fingerprint density at radius 1 is 1.27 bits per heavy atom. The van der Waals surface area contributed by atoms with Gasteiger partial charge in [0.2, 0.25) is 5.91 Å². The first kappa shape index (κ1) is 18.7. The summed E-state index contributed by atoms with van der Waals surface area (Å²) < 4.78 is 0. The average molecular weight is 357 g/mol. The molecule has 142 valence electrons. The van der Waals surface area contributed by atoms with Crippen molar-refractivity contribution in [2.75, 3.05) is 31.5 Å². The summed E-state index contributed by atoms with van der Waals surface area (Å²) in [6.07, 6.45) is 5.05. The van der Waals surface area contributed by atoms with Crippen molar-refractivity contribution in [1.82, 2.24) is 10.2 Å². The van der Waals surface area contributed by atoms with Crippen LogP contribution in [-0.2, 0) is 11.2 Å². The highest BCUT2D eigenvalue weighted by Gasteiger charge is 2.22. The van der Waals surface area contributed by atoms with E-state index >= 15 is 0 Å². The molecule has 0 bridgehead atoms. The van der Waals surface area contributed by atoms with Crippen molar-refractivity contribution < 1.29 is 4.79 Å². The van der Waals surface area contributed by atoms with Crippen LogP contribution < -0.4 is 10.6 Å². The summed E-state index contributed by atoms with van der Waals surface area (Å²) in [5, 5.41) is 6.52. The molecule has 3 rings (SSSR count). The van der Waals surface area contributed by atoms with Crippen molar-refractivity contribution in [2.24, 2.45) is 16.8 Å². The molecule has 0 atom stereocenters. The van der Waals surface area contributed by atoms with Gasteiger partial charge in [-0.1, -0.05) is 26.0 Å². The molecule has 1 saturated heterocycles. The van der Waals surface area contributed by atoms with Crippen LogP contribution >= 0.6 is 0 Å². The third kappa shape index (κ3) is 5.48. The number of aliphatic imine (C=N–C) groups is 1. The van der Waals surface area contributed by atoms with Gasteiger partial charge in [-0.3, -0.25) is 9.79 Å². The smallest absolute Gasteiger partial charge is 0.222 e. The number of hydrogen-bond donors (Lipinski definition) is 2. The summed E-state index contributed by atoms with van der Waals surface area (Å²) in [5.41, 5.74) is 2.45. The Balaban J connectivity index is 1.42. The monoisotopic (exact) mass is 356 g/mol. The molecule has 1 amide bonds. The van der Waals surface area contributed by atoms with E-state index in [0.29, 0.717) is 24.2 Å². The van der Waals surface area contributed by atoms with Gasteiger partial charge in [0.05, 0.1) is 6.54 Å². The van der Waals surface area contributed by atoms with Crippen LogP contribution in [0.3, 0.4) is 0 Å². The second-order valence-corrected chi connectivity index (χ2v) is 7.94. The summed E-state index contributed by atoms with van der Waals surface area (Å²) in [6.45, 7) is 7.97. The number of carbonyl (C=O) groups is 1. The Morgan fingerprint density at radius 3 is 2.62 bits per heavy atom. The molecule has 2 aliphatic rings. The van der Waals surface area contributed by atoms with Gasteiger partial charge in [0.25, 0.3) is 0 Å². The molecule has 0 radical (unpaired) electrons. The Morgan fingerprint density at radius 2 is 2.00 bits per heavy atom. The summed E-state index contributed by atoms with van der Waals surface area (Å²) in [4.78, 5) is 18.7. The zero-order chi connectivity index (χ0) is 18.4. The number of piperidine rings is 1. The maximum Gasteiger partial charge on any atom is 0.222 e. The van der Waals surface area contributed by atoms with E-state index in [0.717, 1.165) is 63.5 Å². The molecule has 5 nitrogen and oxygen atoms in total. The molecule has 2 N–H and O–H groups in total. The molecule has 0 saturated carbocycles. The van der Waals surface area contributed by atoms with Crippen LogP contribution in [0.15, 0.2) is 29.3 Å². The minimum Gasteiger partial charge on any atom is -0.354 e. The fraction of sp³-hybridized carbons (Fsp3) is 0.619. The van der Waals surface area contributed by atoms with Crippen molar-refractivity contribution in [3.8, 4) is 0 Å². The largest absolute Gasteiger partial charge is 0.354 e. The number of likely N-dealkylation sites (tertiary alicyclic amines) is 1. The molecule has 1 aromatic carbocycles. The standard InChI is InChI=1S/C21H32N4O/c1-16(2)3-8-20(26)25-13-9-18(10-14-25)15-17-4-6-19(7-5-17)24-21-22-11-12-23-21/h4-7,16,18H,3,8-15H2,1-2H3,(H2,22,23,24). The molecule has 2 aliphatic heterocycles. The van der Waals surface area contributed by atoms with Crippen LogP contribution in [0, 0.1) is 11.8 Å². The number of carbonyl (C=O) groups excluding carboxylic acids is 1. The number of amides is 1. The maximum atomic E-state index is 12.3. The van der Waals surface area contributed by atoms with E-state index in [9.17, 15) is 4.79 Å². The molecular formula is C21H32N4O. The molecule has 5 heteroatoms. The van der Waals surface area contributed by atoms with Gasteiger partial charge in [-0.25, -0.2) is 0 Å². The Kier molecular flexibility index (Phi) is 6.53. The van der Waals surface area contributed by atoms with E-state index in [1.807, 2.05) is 0 Å². The molecular weight excluding hydrogens is 324 g/mol. The highest BCUT2D eigenvalue weighted by molar-refractivity contribution is 5.94. The van der Waals surface area contributed by atoms with Crippen LogP contribution in [0.2, 0.25) is 0 Å². The molecule has 0 spiro atoms. The number of nitrogens with zero attached hydrogens (tertiary/aromatic N) is 2. The van der Waals surface area contributed by atoms with Crippen molar-refractivity contribution in [3.05, 3.63) is 29.8 Å². The third-order valence-electron chi connectivity index (χ3n) is 5.32. The topological polar surface area (TPSA) is 56.7 Å². The first-order valence-electron chi connectivity index (χ1n) is 10.0. The molecule has 0 aliphatic carbocycles. The lowest BCUT2D eigenvalue weighted by molar-refractivity contribution is -0.132. The molecule has 26 heavy (non-hydrogen) atoms. The maximum absolute atomic E-state index is 12.3. The van der Waals surface area contributed by atoms with Crippen LogP contribution in [0.25, 0.3) is 0 Å². The predicted molar refractivity (Wildman–Crippen MR) is 107 cm³/mol. The molecule has 0 aromatic heterocycles. The van der Waals surface area contributed by atoms with Crippen LogP contribution in [0.1, 0.15) is 45.1 Å². The number of guanidine groups is 1. The van der Waals surface area contributed by atoms with E-state index < -0.39 is 0 Å². The van der Waals surface area contributed by atoms with E-state index in [2.05, 4.69) is 58.6 Å². The summed E-state index contributed by atoms with van der Waals surface area (Å²) in [5.74, 6) is 2.50. The van der Waals surface area contributed by atoms with Crippen molar-refractivity contribution in [3.63, 3.8) is 0 Å². The lowest BCUT2D eigenvalue weighted by Gasteiger charge is -2.32. The number of hydrogen-bond acceptors (Lipinski definition) is 4. The minimum absolute atomic E-state index is 0.344. The van der Waals surface area contributed by atoms with Gasteiger partial charge >= 0.3 is 0 Å². The van der Waals surface area contributed by atoms with Gasteiger partial charge in [0.1, 0.15) is 0 Å². The van der Waals surface area contributed by atoms with Crippen molar-refractivity contribution in [2.45, 2.75) is 46.0 Å². The Bertz CT molecular complexity index is 615. The zero-order valence-electron chi connectivity index (χ0n) is 16.1. The lowest BCUT2D eigenvalue weighted by atomic mass is 9.90. The zero-order valence-corrected chi connectivity index (χ0v) is 16.1. The fourth-order valence-electron chi connectivity index (χ4n) is 3.63. The highest BCUT2D eigenvalue weighted by Crippen LogP contribution is 2.23. The second-order valence-electron chi connectivity index (χ2n) is 7.94. The number of nitrogens with one attached hydrogen (secondary N) is 2. The minimum atomic E-state index is 0.344. The van der Waals surface area contributed by atoms with Gasteiger partial charge in [-0.15, -0.1) is 0 Å². The fourth-order valence-corrected chi connectivity index (χ4v) is 3.63. The van der Waals surface area contributed by atoms with E-state index in [1.165, 1.54) is 5.56 Å². The van der Waals surface area contributed by atoms with Crippen LogP contribution in [0.4, 0.5) is 5.69 Å². The average Bonchev–Trinajstić information content (AvgIpc) is 3.15. The van der Waals surface area contributed by atoms with Gasteiger partial charge < -0.3 is 15.5 Å². The van der Waals surface area contributed by atoms with E-state index in [-0.39, 0.29) is 0 Å². The van der Waals surface area contributed by atoms with Gasteiger partial charge in [0.15, 0.2) is 5.96 Å². The summed E-state index contributed by atoms with van der Waals surface area (Å²) >= 11 is 0. The number of anilines is 1. The first-order valence-corrected chi connectivity index (χ1v) is 10.0. The predicted octanol–water partition coefficient (Wildman–Crippen LogP) is 3.28. The van der Waals surface area contributed by atoms with E-state index in [1.54, 1.807) is 0 Å². The normalized spacial score (nSPS) is 18.0. The van der Waals surface area contributed by atoms with Crippen molar-refractivity contribution in [1.29, 1.82) is 0 Å². The van der Waals surface area contributed by atoms with Crippen LogP contribution in [0.5, 0.6) is 0 Å². The molecule has 2 heterocycles. The first-order chi connectivity index (χ1) is 12.6. The van der Waals surface area contributed by atoms with Crippen LogP contribution in [-0.4, -0.2) is 42.9 Å². The van der Waals surface area contributed by atoms with Gasteiger partial charge in [-0.2, -0.15) is 0 Å². The van der Waals surface area contributed by atoms with Crippen molar-refractivity contribution >= 4 is 17.6 Å². The summed E-state index contributed by atoms with van der Waals surface area (Å²) in [7, 11) is 0. The Hall–Kier alpha value is -2.04. The van der Waals surface area contributed by atoms with Gasteiger partial charge in [0, 0.05) is 31.7 Å². The highest BCUT2D eigenvalue weighted by atomic mass is 16.2. The summed E-state index contributed by atoms with van der Waals surface area (Å²) in [6, 6.07) is 8.67. The quantitative estimate of drug-likeness (QED) is 0.822. The lowest BCUT2D eigenvalue weighted by Crippen LogP contribution is -2.38. The third-order valence-corrected chi connectivity index (χ3v) is 5.32. The van der Waals surface area contributed by atoms with Gasteiger partial charge in [-0.05, 0) is 55.2 Å². The molecule has 1 aromatic rings.